The van der Waals surface area contributed by atoms with E-state index in [-0.39, 0.29) is 0 Å². The van der Waals surface area contributed by atoms with Crippen LogP contribution in [0.25, 0.3) is 0 Å². The van der Waals surface area contributed by atoms with Crippen LogP contribution in [0, 0.1) is 0 Å². The zero-order valence-electron chi connectivity index (χ0n) is 6.54. The molecule has 0 saturated carbocycles. The standard InChI is InChI=1S/C9H14O/c1-4-6-7-9(5-2)8(3)10/h4-8,10H,2H2,1,3H3/b6-4-,9-7+. The van der Waals surface area contributed by atoms with Gasteiger partial charge in [0.15, 0.2) is 0 Å². The molecule has 10 heavy (non-hydrogen) atoms. The van der Waals surface area contributed by atoms with Crippen molar-refractivity contribution in [1.82, 2.24) is 0 Å². The SMILES string of the molecule is C=C/C(=C\C=C/C)C(C)O. The van der Waals surface area contributed by atoms with Crippen molar-refractivity contribution >= 4 is 0 Å². The van der Waals surface area contributed by atoms with Crippen LogP contribution < -0.4 is 0 Å². The van der Waals surface area contributed by atoms with Crippen LogP contribution in [0.1, 0.15) is 13.8 Å². The van der Waals surface area contributed by atoms with Gasteiger partial charge >= 0.3 is 0 Å². The van der Waals surface area contributed by atoms with E-state index in [0.29, 0.717) is 0 Å². The van der Waals surface area contributed by atoms with Crippen molar-refractivity contribution in [2.24, 2.45) is 0 Å². The molecule has 0 aromatic carbocycles. The van der Waals surface area contributed by atoms with Gasteiger partial charge in [-0.1, -0.05) is 30.9 Å². The van der Waals surface area contributed by atoms with Gasteiger partial charge in [0.2, 0.25) is 0 Å². The Hall–Kier alpha value is -0.820. The van der Waals surface area contributed by atoms with E-state index in [4.69, 9.17) is 5.11 Å². The molecule has 0 aromatic rings. The molecule has 0 heterocycles. The van der Waals surface area contributed by atoms with Crippen LogP contribution in [-0.2, 0) is 0 Å². The van der Waals surface area contributed by atoms with Gasteiger partial charge in [-0.15, -0.1) is 0 Å². The zero-order valence-corrected chi connectivity index (χ0v) is 6.54. The predicted molar refractivity (Wildman–Crippen MR) is 44.8 cm³/mol. The summed E-state index contributed by atoms with van der Waals surface area (Å²) in [6, 6.07) is 0. The number of rotatable bonds is 3. The molecule has 0 aromatic heterocycles. The molecule has 56 valence electrons. The van der Waals surface area contributed by atoms with Gasteiger partial charge in [-0.2, -0.15) is 0 Å². The minimum absolute atomic E-state index is 0.423. The molecule has 1 N–H and O–H groups in total. The van der Waals surface area contributed by atoms with E-state index in [1.807, 2.05) is 25.2 Å². The average Bonchev–Trinajstić information content (AvgIpc) is 1.89. The highest BCUT2D eigenvalue weighted by molar-refractivity contribution is 5.24. The van der Waals surface area contributed by atoms with Crippen molar-refractivity contribution < 1.29 is 5.11 Å². The van der Waals surface area contributed by atoms with Crippen molar-refractivity contribution in [3.63, 3.8) is 0 Å². The molecule has 0 bridgehead atoms. The van der Waals surface area contributed by atoms with Crippen molar-refractivity contribution in [2.45, 2.75) is 20.0 Å². The topological polar surface area (TPSA) is 20.2 Å². The molecule has 0 rings (SSSR count). The minimum Gasteiger partial charge on any atom is -0.389 e. The van der Waals surface area contributed by atoms with Gasteiger partial charge < -0.3 is 5.11 Å². The summed E-state index contributed by atoms with van der Waals surface area (Å²) in [5.74, 6) is 0. The van der Waals surface area contributed by atoms with Crippen molar-refractivity contribution in [3.8, 4) is 0 Å². The number of aliphatic hydroxyl groups is 1. The molecule has 0 aliphatic rings. The van der Waals surface area contributed by atoms with E-state index >= 15 is 0 Å². The molecule has 0 amide bonds. The molecule has 1 unspecified atom stereocenters. The number of hydrogen-bond acceptors (Lipinski definition) is 1. The maximum absolute atomic E-state index is 9.07. The van der Waals surface area contributed by atoms with Gasteiger partial charge in [0.05, 0.1) is 6.10 Å². The third-order valence-electron chi connectivity index (χ3n) is 1.20. The summed E-state index contributed by atoms with van der Waals surface area (Å²) in [4.78, 5) is 0. The Bertz CT molecular complexity index is 152. The minimum atomic E-state index is -0.423. The van der Waals surface area contributed by atoms with Gasteiger partial charge in [0.1, 0.15) is 0 Å². The Balaban J connectivity index is 4.18. The summed E-state index contributed by atoms with van der Waals surface area (Å²) in [6.45, 7) is 7.22. The maximum Gasteiger partial charge on any atom is 0.0761 e. The first-order valence-electron chi connectivity index (χ1n) is 3.35. The first-order chi connectivity index (χ1) is 4.72. The first kappa shape index (κ1) is 9.18. The van der Waals surface area contributed by atoms with E-state index in [1.165, 1.54) is 0 Å². The van der Waals surface area contributed by atoms with Gasteiger partial charge in [-0.25, -0.2) is 0 Å². The molecule has 1 atom stereocenters. The Kier molecular flexibility index (Phi) is 4.59. The normalized spacial score (nSPS) is 15.7. The smallest absolute Gasteiger partial charge is 0.0761 e. The molecular weight excluding hydrogens is 124 g/mol. The predicted octanol–water partition coefficient (Wildman–Crippen LogP) is 2.06. The Morgan fingerprint density at radius 1 is 1.60 bits per heavy atom. The fraction of sp³-hybridized carbons (Fsp3) is 0.333. The van der Waals surface area contributed by atoms with Gasteiger partial charge in [-0.3, -0.25) is 0 Å². The molecule has 1 heteroatoms. The van der Waals surface area contributed by atoms with Gasteiger partial charge in [-0.05, 0) is 19.4 Å². The van der Waals surface area contributed by atoms with Crippen molar-refractivity contribution in [2.75, 3.05) is 0 Å². The molecule has 0 radical (unpaired) electrons. The molecular formula is C9H14O. The van der Waals surface area contributed by atoms with Gasteiger partial charge in [0, 0.05) is 0 Å². The number of hydrogen-bond donors (Lipinski definition) is 1. The second-order valence-electron chi connectivity index (χ2n) is 2.07. The lowest BCUT2D eigenvalue weighted by Crippen LogP contribution is -2.00. The zero-order chi connectivity index (χ0) is 7.98. The number of allylic oxidation sites excluding steroid dienone is 3. The quantitative estimate of drug-likeness (QED) is 0.592. The van der Waals surface area contributed by atoms with Crippen molar-refractivity contribution in [1.29, 1.82) is 0 Å². The monoisotopic (exact) mass is 138 g/mol. The van der Waals surface area contributed by atoms with Crippen molar-refractivity contribution in [3.05, 3.63) is 36.5 Å². The van der Waals surface area contributed by atoms with Crippen LogP contribution in [0.4, 0.5) is 0 Å². The van der Waals surface area contributed by atoms with Crippen LogP contribution >= 0.6 is 0 Å². The summed E-state index contributed by atoms with van der Waals surface area (Å²) in [5.41, 5.74) is 0.845. The third-order valence-corrected chi connectivity index (χ3v) is 1.20. The summed E-state index contributed by atoms with van der Waals surface area (Å²) >= 11 is 0. The Morgan fingerprint density at radius 3 is 2.50 bits per heavy atom. The Morgan fingerprint density at radius 2 is 2.20 bits per heavy atom. The summed E-state index contributed by atoms with van der Waals surface area (Å²) in [7, 11) is 0. The summed E-state index contributed by atoms with van der Waals surface area (Å²) in [6.07, 6.45) is 6.87. The molecule has 0 aliphatic heterocycles. The number of aliphatic hydroxyl groups excluding tert-OH is 1. The van der Waals surface area contributed by atoms with Crippen LogP contribution in [0.3, 0.4) is 0 Å². The van der Waals surface area contributed by atoms with Crippen LogP contribution in [0.15, 0.2) is 36.5 Å². The summed E-state index contributed by atoms with van der Waals surface area (Å²) in [5, 5.41) is 9.07. The average molecular weight is 138 g/mol. The maximum atomic E-state index is 9.07. The second-order valence-corrected chi connectivity index (χ2v) is 2.07. The fourth-order valence-electron chi connectivity index (χ4n) is 0.585. The van der Waals surface area contributed by atoms with Crippen LogP contribution in [-0.4, -0.2) is 11.2 Å². The van der Waals surface area contributed by atoms with E-state index in [2.05, 4.69) is 6.58 Å². The first-order valence-corrected chi connectivity index (χ1v) is 3.35. The third kappa shape index (κ3) is 3.25. The largest absolute Gasteiger partial charge is 0.389 e. The highest BCUT2D eigenvalue weighted by atomic mass is 16.3. The second kappa shape index (κ2) is 5.00. The molecule has 0 fully saturated rings. The fourth-order valence-corrected chi connectivity index (χ4v) is 0.585. The molecule has 1 nitrogen and oxygen atoms in total. The van der Waals surface area contributed by atoms with E-state index in [1.54, 1.807) is 13.0 Å². The van der Waals surface area contributed by atoms with E-state index in [0.717, 1.165) is 5.57 Å². The molecule has 0 aliphatic carbocycles. The lowest BCUT2D eigenvalue weighted by molar-refractivity contribution is 0.235. The van der Waals surface area contributed by atoms with Crippen LogP contribution in [0.5, 0.6) is 0 Å². The van der Waals surface area contributed by atoms with E-state index < -0.39 is 6.10 Å². The Labute approximate surface area is 62.4 Å². The highest BCUT2D eigenvalue weighted by Gasteiger charge is 1.96. The van der Waals surface area contributed by atoms with Gasteiger partial charge in [0.25, 0.3) is 0 Å². The molecule has 0 saturated heterocycles. The van der Waals surface area contributed by atoms with Crippen LogP contribution in [0.2, 0.25) is 0 Å². The highest BCUT2D eigenvalue weighted by Crippen LogP contribution is 2.02. The molecule has 0 spiro atoms. The lowest BCUT2D eigenvalue weighted by Gasteiger charge is -2.01. The lowest BCUT2D eigenvalue weighted by atomic mass is 10.1. The summed E-state index contributed by atoms with van der Waals surface area (Å²) < 4.78 is 0. The van der Waals surface area contributed by atoms with E-state index in [9.17, 15) is 0 Å².